The van der Waals surface area contributed by atoms with Gasteiger partial charge in [0.2, 0.25) is 5.95 Å². The van der Waals surface area contributed by atoms with Crippen LogP contribution in [0.15, 0.2) is 36.4 Å². The molecule has 1 aliphatic carbocycles. The summed E-state index contributed by atoms with van der Waals surface area (Å²) in [6.07, 6.45) is 5.96. The molecule has 1 aliphatic rings. The molecule has 0 bridgehead atoms. The number of fused-ring (bicyclic) bond motifs is 1. The zero-order chi connectivity index (χ0) is 20.2. The van der Waals surface area contributed by atoms with Crippen LogP contribution in [0.3, 0.4) is 0 Å². The summed E-state index contributed by atoms with van der Waals surface area (Å²) in [6, 6.07) is 9.91. The molecule has 146 valence electrons. The average molecular weight is 388 g/mol. The van der Waals surface area contributed by atoms with Crippen molar-refractivity contribution in [2.24, 2.45) is 5.92 Å². The van der Waals surface area contributed by atoms with Crippen molar-refractivity contribution >= 4 is 28.9 Å². The summed E-state index contributed by atoms with van der Waals surface area (Å²) in [7, 11) is 0. The van der Waals surface area contributed by atoms with Crippen LogP contribution >= 0.6 is 0 Å². The molecule has 1 fully saturated rings. The molecule has 1 saturated carbocycles. The van der Waals surface area contributed by atoms with Crippen molar-refractivity contribution in [1.82, 2.24) is 15.0 Å². The van der Waals surface area contributed by atoms with Crippen molar-refractivity contribution in [2.75, 3.05) is 5.32 Å². The van der Waals surface area contributed by atoms with E-state index < -0.39 is 11.9 Å². The summed E-state index contributed by atoms with van der Waals surface area (Å²) >= 11 is 0. The average Bonchev–Trinajstić information content (AvgIpc) is 3.15. The number of imidazole rings is 1. The number of amides is 1. The molecule has 3 N–H and O–H groups in total. The Balaban J connectivity index is 1.52. The number of nitrogens with zero attached hydrogens (tertiary/aromatic N) is 2. The van der Waals surface area contributed by atoms with Crippen LogP contribution in [0, 0.1) is 17.8 Å². The second kappa shape index (κ2) is 8.15. The molecular weight excluding hydrogens is 368 g/mol. The number of benzene rings is 1. The van der Waals surface area contributed by atoms with Crippen molar-refractivity contribution < 1.29 is 14.7 Å². The van der Waals surface area contributed by atoms with Gasteiger partial charge in [0, 0.05) is 5.92 Å². The SMILES string of the molecule is O=C(Nc1nc2c(C(=O)O)cccc2[nH]1)c1cccc(C#CC2CCCCC2)n1. The van der Waals surface area contributed by atoms with Crippen LogP contribution in [0.5, 0.6) is 0 Å². The third-order valence-electron chi connectivity index (χ3n) is 4.97. The van der Waals surface area contributed by atoms with Gasteiger partial charge < -0.3 is 10.1 Å². The highest BCUT2D eigenvalue weighted by Gasteiger charge is 2.15. The van der Waals surface area contributed by atoms with Crippen molar-refractivity contribution in [3.63, 3.8) is 0 Å². The van der Waals surface area contributed by atoms with Gasteiger partial charge in [-0.15, -0.1) is 0 Å². The van der Waals surface area contributed by atoms with Gasteiger partial charge in [-0.1, -0.05) is 37.3 Å². The molecule has 29 heavy (non-hydrogen) atoms. The number of nitrogens with one attached hydrogen (secondary N) is 2. The maximum Gasteiger partial charge on any atom is 0.337 e. The van der Waals surface area contributed by atoms with E-state index in [0.29, 0.717) is 17.1 Å². The maximum atomic E-state index is 12.6. The molecule has 0 spiro atoms. The molecule has 1 aromatic carbocycles. The number of anilines is 1. The van der Waals surface area contributed by atoms with Gasteiger partial charge in [0.1, 0.15) is 16.9 Å². The molecule has 0 saturated heterocycles. The highest BCUT2D eigenvalue weighted by atomic mass is 16.4. The summed E-state index contributed by atoms with van der Waals surface area (Å²) in [4.78, 5) is 35.3. The van der Waals surface area contributed by atoms with Crippen LogP contribution in [-0.4, -0.2) is 31.9 Å². The minimum absolute atomic E-state index is 0.0670. The van der Waals surface area contributed by atoms with Crippen LogP contribution in [0.2, 0.25) is 0 Å². The molecule has 4 rings (SSSR count). The van der Waals surface area contributed by atoms with E-state index in [9.17, 15) is 14.7 Å². The number of aromatic amines is 1. The Morgan fingerprint density at radius 1 is 1.07 bits per heavy atom. The van der Waals surface area contributed by atoms with E-state index in [4.69, 9.17) is 0 Å². The molecular formula is C22H20N4O3. The Hall–Kier alpha value is -3.66. The fourth-order valence-electron chi connectivity index (χ4n) is 3.49. The second-order valence-corrected chi connectivity index (χ2v) is 7.06. The maximum absolute atomic E-state index is 12.6. The third kappa shape index (κ3) is 4.27. The van der Waals surface area contributed by atoms with Crippen LogP contribution in [0.25, 0.3) is 11.0 Å². The number of rotatable bonds is 3. The lowest BCUT2D eigenvalue weighted by Gasteiger charge is -2.15. The van der Waals surface area contributed by atoms with Gasteiger partial charge in [-0.05, 0) is 43.0 Å². The highest BCUT2D eigenvalue weighted by molar-refractivity contribution is 6.04. The molecule has 0 atom stereocenters. The van der Waals surface area contributed by atoms with E-state index in [0.717, 1.165) is 12.8 Å². The molecule has 3 aromatic rings. The minimum Gasteiger partial charge on any atom is -0.478 e. The number of hydrogen-bond acceptors (Lipinski definition) is 4. The predicted octanol–water partition coefficient (Wildman–Crippen LogP) is 3.84. The van der Waals surface area contributed by atoms with E-state index in [2.05, 4.69) is 32.1 Å². The number of H-pyrrole nitrogens is 1. The lowest BCUT2D eigenvalue weighted by molar-refractivity contribution is 0.0698. The molecule has 7 heteroatoms. The van der Waals surface area contributed by atoms with Gasteiger partial charge in [-0.3, -0.25) is 10.1 Å². The molecule has 0 unspecified atom stereocenters. The fourth-order valence-corrected chi connectivity index (χ4v) is 3.49. The zero-order valence-electron chi connectivity index (χ0n) is 15.7. The first kappa shape index (κ1) is 18.7. The van der Waals surface area contributed by atoms with Gasteiger partial charge >= 0.3 is 5.97 Å². The topological polar surface area (TPSA) is 108 Å². The predicted molar refractivity (Wildman–Crippen MR) is 109 cm³/mol. The summed E-state index contributed by atoms with van der Waals surface area (Å²) < 4.78 is 0. The number of carboxylic acids is 1. The minimum atomic E-state index is -1.08. The van der Waals surface area contributed by atoms with Gasteiger partial charge in [0.05, 0.1) is 11.1 Å². The Labute approximate surface area is 167 Å². The van der Waals surface area contributed by atoms with Crippen LogP contribution in [-0.2, 0) is 0 Å². The Bertz CT molecular complexity index is 1130. The number of carboxylic acid groups (broad SMARTS) is 1. The molecule has 2 heterocycles. The number of aromatic nitrogens is 3. The van der Waals surface area contributed by atoms with Crippen LogP contribution in [0.1, 0.15) is 58.6 Å². The second-order valence-electron chi connectivity index (χ2n) is 7.06. The van der Waals surface area contributed by atoms with Gasteiger partial charge in [0.15, 0.2) is 0 Å². The van der Waals surface area contributed by atoms with Crippen LogP contribution in [0.4, 0.5) is 5.95 Å². The van der Waals surface area contributed by atoms with E-state index in [-0.39, 0.29) is 22.7 Å². The van der Waals surface area contributed by atoms with Gasteiger partial charge in [-0.2, -0.15) is 0 Å². The molecule has 0 radical (unpaired) electrons. The molecule has 0 aliphatic heterocycles. The lowest BCUT2D eigenvalue weighted by atomic mass is 9.90. The first-order valence-electron chi connectivity index (χ1n) is 9.62. The molecule has 1 amide bonds. The lowest BCUT2D eigenvalue weighted by Crippen LogP contribution is -2.15. The standard InChI is InChI=1S/C22H20N4O3/c27-20(26-22-24-17-10-5-9-16(21(28)29)19(17)25-22)18-11-4-8-15(23-18)13-12-14-6-2-1-3-7-14/h4-5,8-11,14H,1-3,6-7H2,(H,28,29)(H2,24,25,26,27). The summed E-state index contributed by atoms with van der Waals surface area (Å²) in [5.41, 5.74) is 1.66. The van der Waals surface area contributed by atoms with E-state index >= 15 is 0 Å². The van der Waals surface area contributed by atoms with E-state index in [1.165, 1.54) is 25.3 Å². The fraction of sp³-hybridized carbons (Fsp3) is 0.273. The van der Waals surface area contributed by atoms with Crippen molar-refractivity contribution in [3.05, 3.63) is 53.3 Å². The number of aromatic carboxylic acids is 1. The van der Waals surface area contributed by atoms with Crippen molar-refractivity contribution in [3.8, 4) is 11.8 Å². The Morgan fingerprint density at radius 3 is 2.66 bits per heavy atom. The highest BCUT2D eigenvalue weighted by Crippen LogP contribution is 2.23. The largest absolute Gasteiger partial charge is 0.478 e. The number of carbonyl (C=O) groups is 2. The quantitative estimate of drug-likeness (QED) is 0.591. The van der Waals surface area contributed by atoms with E-state index in [1.54, 1.807) is 30.3 Å². The van der Waals surface area contributed by atoms with E-state index in [1.807, 2.05) is 0 Å². The first-order chi connectivity index (χ1) is 14.1. The summed E-state index contributed by atoms with van der Waals surface area (Å²) in [6.45, 7) is 0. The number of pyridine rings is 1. The smallest absolute Gasteiger partial charge is 0.337 e. The Kier molecular flexibility index (Phi) is 5.25. The molecule has 7 nitrogen and oxygen atoms in total. The van der Waals surface area contributed by atoms with Crippen LogP contribution < -0.4 is 5.32 Å². The van der Waals surface area contributed by atoms with Crippen molar-refractivity contribution in [1.29, 1.82) is 0 Å². The Morgan fingerprint density at radius 2 is 1.86 bits per heavy atom. The third-order valence-corrected chi connectivity index (χ3v) is 4.97. The first-order valence-corrected chi connectivity index (χ1v) is 9.62. The summed E-state index contributed by atoms with van der Waals surface area (Å²) in [5, 5.41) is 11.9. The number of hydrogen-bond donors (Lipinski definition) is 3. The monoisotopic (exact) mass is 388 g/mol. The van der Waals surface area contributed by atoms with Gasteiger partial charge in [-0.25, -0.2) is 14.8 Å². The van der Waals surface area contributed by atoms with Crippen molar-refractivity contribution in [2.45, 2.75) is 32.1 Å². The zero-order valence-corrected chi connectivity index (χ0v) is 15.7. The number of carbonyl (C=O) groups excluding carboxylic acids is 1. The molecule has 2 aromatic heterocycles. The van der Waals surface area contributed by atoms with Gasteiger partial charge in [0.25, 0.3) is 5.91 Å². The normalized spacial score (nSPS) is 14.2. The summed E-state index contributed by atoms with van der Waals surface area (Å²) in [5.74, 6) is 5.41. The number of para-hydroxylation sites is 1.